The summed E-state index contributed by atoms with van der Waals surface area (Å²) < 4.78 is 0. The first kappa shape index (κ1) is 6.38. The Morgan fingerprint density at radius 3 is 3.20 bits per heavy atom. The summed E-state index contributed by atoms with van der Waals surface area (Å²) in [4.78, 5) is 1.38. The molecule has 2 unspecified atom stereocenters. The second-order valence-corrected chi connectivity index (χ2v) is 3.93. The Kier molecular flexibility index (Phi) is 1.32. The van der Waals surface area contributed by atoms with Gasteiger partial charge in [0.2, 0.25) is 0 Å². The van der Waals surface area contributed by atoms with Crippen molar-refractivity contribution in [2.45, 2.75) is 19.4 Å². The first-order valence-corrected chi connectivity index (χ1v) is 4.41. The van der Waals surface area contributed by atoms with Gasteiger partial charge in [-0.25, -0.2) is 0 Å². The molecule has 0 radical (unpaired) electrons. The molecule has 54 valence electrons. The quantitative estimate of drug-likeness (QED) is 0.605. The van der Waals surface area contributed by atoms with E-state index in [0.29, 0.717) is 5.92 Å². The van der Waals surface area contributed by atoms with Gasteiger partial charge in [0.25, 0.3) is 0 Å². The molecule has 0 fully saturated rings. The average Bonchev–Trinajstić information content (AvgIpc) is 2.41. The maximum absolute atomic E-state index is 9.55. The Labute approximate surface area is 64.3 Å². The van der Waals surface area contributed by atoms with Crippen LogP contribution in [0.3, 0.4) is 0 Å². The molecule has 0 amide bonds. The highest BCUT2D eigenvalue weighted by Crippen LogP contribution is 2.38. The number of hydrogen-bond donors (Lipinski definition) is 1. The molecule has 0 spiro atoms. The third-order valence-corrected chi connectivity index (χ3v) is 3.10. The fourth-order valence-corrected chi connectivity index (χ4v) is 2.55. The van der Waals surface area contributed by atoms with E-state index in [4.69, 9.17) is 0 Å². The molecule has 2 atom stereocenters. The van der Waals surface area contributed by atoms with E-state index < -0.39 is 0 Å². The molecule has 2 rings (SSSR count). The number of fused-ring (bicyclic) bond motifs is 1. The smallest absolute Gasteiger partial charge is 0.0829 e. The van der Waals surface area contributed by atoms with Gasteiger partial charge in [0.15, 0.2) is 0 Å². The van der Waals surface area contributed by atoms with E-state index in [9.17, 15) is 5.11 Å². The SMILES string of the molecule is CC1Cc2sccc2C1O. The van der Waals surface area contributed by atoms with Crippen LogP contribution in [-0.4, -0.2) is 5.11 Å². The molecular weight excluding hydrogens is 144 g/mol. The van der Waals surface area contributed by atoms with Gasteiger partial charge in [0.05, 0.1) is 6.10 Å². The third kappa shape index (κ3) is 0.724. The van der Waals surface area contributed by atoms with Crippen LogP contribution in [0.1, 0.15) is 23.5 Å². The van der Waals surface area contributed by atoms with Crippen molar-refractivity contribution in [3.63, 3.8) is 0 Å². The third-order valence-electron chi connectivity index (χ3n) is 2.14. The minimum Gasteiger partial charge on any atom is -0.388 e. The second kappa shape index (κ2) is 2.07. The van der Waals surface area contributed by atoms with E-state index in [1.807, 2.05) is 6.07 Å². The summed E-state index contributed by atoms with van der Waals surface area (Å²) >= 11 is 1.76. The van der Waals surface area contributed by atoms with Gasteiger partial charge in [-0.05, 0) is 29.3 Å². The molecule has 1 nitrogen and oxygen atoms in total. The van der Waals surface area contributed by atoms with Gasteiger partial charge in [-0.3, -0.25) is 0 Å². The summed E-state index contributed by atoms with van der Waals surface area (Å²) in [7, 11) is 0. The lowest BCUT2D eigenvalue weighted by atomic mass is 10.1. The van der Waals surface area contributed by atoms with Crippen molar-refractivity contribution in [1.29, 1.82) is 0 Å². The lowest BCUT2D eigenvalue weighted by Gasteiger charge is -2.06. The maximum atomic E-state index is 9.55. The van der Waals surface area contributed by atoms with Gasteiger partial charge >= 0.3 is 0 Å². The summed E-state index contributed by atoms with van der Waals surface area (Å²) in [5, 5.41) is 11.6. The van der Waals surface area contributed by atoms with Gasteiger partial charge in [-0.2, -0.15) is 0 Å². The lowest BCUT2D eigenvalue weighted by Crippen LogP contribution is -2.00. The molecule has 2 heteroatoms. The molecule has 0 saturated carbocycles. The monoisotopic (exact) mass is 154 g/mol. The van der Waals surface area contributed by atoms with Crippen molar-refractivity contribution >= 4 is 11.3 Å². The first-order chi connectivity index (χ1) is 4.79. The topological polar surface area (TPSA) is 20.2 Å². The number of hydrogen-bond acceptors (Lipinski definition) is 2. The van der Waals surface area contributed by atoms with Crippen molar-refractivity contribution in [2.24, 2.45) is 5.92 Å². The Balaban J connectivity index is 2.43. The van der Waals surface area contributed by atoms with Crippen LogP contribution in [0.4, 0.5) is 0 Å². The Hall–Kier alpha value is -0.340. The van der Waals surface area contributed by atoms with E-state index in [-0.39, 0.29) is 6.10 Å². The zero-order valence-corrected chi connectivity index (χ0v) is 6.69. The first-order valence-electron chi connectivity index (χ1n) is 3.53. The zero-order chi connectivity index (χ0) is 7.14. The largest absolute Gasteiger partial charge is 0.388 e. The summed E-state index contributed by atoms with van der Waals surface area (Å²) in [5.74, 6) is 0.433. The lowest BCUT2D eigenvalue weighted by molar-refractivity contribution is 0.133. The van der Waals surface area contributed by atoms with Crippen molar-refractivity contribution in [2.75, 3.05) is 0 Å². The van der Waals surface area contributed by atoms with Crippen LogP contribution in [0.2, 0.25) is 0 Å². The van der Waals surface area contributed by atoms with Crippen LogP contribution in [0.25, 0.3) is 0 Å². The van der Waals surface area contributed by atoms with E-state index in [0.717, 1.165) is 12.0 Å². The molecule has 0 saturated heterocycles. The van der Waals surface area contributed by atoms with E-state index in [1.165, 1.54) is 4.88 Å². The normalized spacial score (nSPS) is 30.6. The molecule has 1 aromatic rings. The molecule has 1 N–H and O–H groups in total. The maximum Gasteiger partial charge on any atom is 0.0829 e. The Morgan fingerprint density at radius 1 is 1.70 bits per heavy atom. The van der Waals surface area contributed by atoms with Crippen LogP contribution >= 0.6 is 11.3 Å². The van der Waals surface area contributed by atoms with Gasteiger partial charge in [-0.1, -0.05) is 6.92 Å². The van der Waals surface area contributed by atoms with Crippen molar-refractivity contribution in [3.05, 3.63) is 21.9 Å². The minimum atomic E-state index is -0.193. The predicted octanol–water partition coefficient (Wildman–Crippen LogP) is 1.97. The van der Waals surface area contributed by atoms with Gasteiger partial charge in [-0.15, -0.1) is 11.3 Å². The number of aliphatic hydroxyl groups is 1. The highest BCUT2D eigenvalue weighted by Gasteiger charge is 2.27. The minimum absolute atomic E-state index is 0.193. The Bertz CT molecular complexity index is 241. The molecule has 1 aliphatic carbocycles. The molecule has 0 bridgehead atoms. The summed E-state index contributed by atoms with van der Waals surface area (Å²) in [6.45, 7) is 2.09. The fourth-order valence-electron chi connectivity index (χ4n) is 1.49. The van der Waals surface area contributed by atoms with Gasteiger partial charge < -0.3 is 5.11 Å². The molecular formula is C8H10OS. The fraction of sp³-hybridized carbons (Fsp3) is 0.500. The van der Waals surface area contributed by atoms with Crippen molar-refractivity contribution < 1.29 is 5.11 Å². The van der Waals surface area contributed by atoms with E-state index in [1.54, 1.807) is 11.3 Å². The van der Waals surface area contributed by atoms with E-state index in [2.05, 4.69) is 12.3 Å². The van der Waals surface area contributed by atoms with Crippen LogP contribution in [0.5, 0.6) is 0 Å². The average molecular weight is 154 g/mol. The summed E-state index contributed by atoms with van der Waals surface area (Å²) in [5.41, 5.74) is 1.16. The highest BCUT2D eigenvalue weighted by atomic mass is 32.1. The van der Waals surface area contributed by atoms with Gasteiger partial charge in [0, 0.05) is 4.88 Å². The van der Waals surface area contributed by atoms with Crippen LogP contribution in [0.15, 0.2) is 11.4 Å². The second-order valence-electron chi connectivity index (χ2n) is 2.93. The zero-order valence-electron chi connectivity index (χ0n) is 5.87. The predicted molar refractivity (Wildman–Crippen MR) is 42.1 cm³/mol. The highest BCUT2D eigenvalue weighted by molar-refractivity contribution is 7.10. The standard InChI is InChI=1S/C8H10OS/c1-5-4-7-6(8(5)9)2-3-10-7/h2-3,5,8-9H,4H2,1H3. The summed E-state index contributed by atoms with van der Waals surface area (Å²) in [6, 6.07) is 2.04. The molecule has 10 heavy (non-hydrogen) atoms. The van der Waals surface area contributed by atoms with Gasteiger partial charge in [0.1, 0.15) is 0 Å². The van der Waals surface area contributed by atoms with Crippen molar-refractivity contribution in [3.8, 4) is 0 Å². The van der Waals surface area contributed by atoms with Crippen molar-refractivity contribution in [1.82, 2.24) is 0 Å². The molecule has 0 aliphatic heterocycles. The van der Waals surface area contributed by atoms with Crippen LogP contribution in [0, 0.1) is 5.92 Å². The number of rotatable bonds is 0. The molecule has 1 aromatic heterocycles. The number of aliphatic hydroxyl groups excluding tert-OH is 1. The molecule has 1 heterocycles. The Morgan fingerprint density at radius 2 is 2.50 bits per heavy atom. The molecule has 1 aliphatic rings. The molecule has 0 aromatic carbocycles. The van der Waals surface area contributed by atoms with Crippen LogP contribution in [-0.2, 0) is 6.42 Å². The number of thiophene rings is 1. The summed E-state index contributed by atoms with van der Waals surface area (Å²) in [6.07, 6.45) is 0.870. The van der Waals surface area contributed by atoms with Crippen LogP contribution < -0.4 is 0 Å². The van der Waals surface area contributed by atoms with E-state index >= 15 is 0 Å².